The first-order chi connectivity index (χ1) is 13.3. The van der Waals surface area contributed by atoms with Crippen LogP contribution in [0.1, 0.15) is 72.6 Å². The summed E-state index contributed by atoms with van der Waals surface area (Å²) >= 11 is 0. The van der Waals surface area contributed by atoms with Gasteiger partial charge in [0, 0.05) is 11.6 Å². The third-order valence-electron chi connectivity index (χ3n) is 5.15. The van der Waals surface area contributed by atoms with Crippen molar-refractivity contribution in [1.82, 2.24) is 4.57 Å². The summed E-state index contributed by atoms with van der Waals surface area (Å²) in [6, 6.07) is 8.36. The van der Waals surface area contributed by atoms with Crippen LogP contribution in [0.15, 0.2) is 29.1 Å². The Morgan fingerprint density at radius 3 is 2.39 bits per heavy atom. The van der Waals surface area contributed by atoms with Gasteiger partial charge in [0.1, 0.15) is 17.4 Å². The average Bonchev–Trinajstić information content (AvgIpc) is 3.16. The van der Waals surface area contributed by atoms with Crippen LogP contribution < -0.4 is 10.3 Å². The number of ketones is 1. The lowest BCUT2D eigenvalue weighted by Crippen LogP contribution is -2.29. The summed E-state index contributed by atoms with van der Waals surface area (Å²) in [5.41, 5.74) is -0.0307. The molecule has 0 atom stereocenters. The van der Waals surface area contributed by atoms with Gasteiger partial charge in [-0.3, -0.25) is 14.2 Å². The Hall–Kier alpha value is -3.07. The highest BCUT2D eigenvalue weighted by molar-refractivity contribution is 6.11. The first-order valence-corrected chi connectivity index (χ1v) is 9.54. The number of nitrogens with zero attached hydrogens (tertiary/aromatic N) is 2. The Kier molecular flexibility index (Phi) is 5.55. The molecule has 0 bridgehead atoms. The van der Waals surface area contributed by atoms with Gasteiger partial charge in [0.25, 0.3) is 5.56 Å². The molecule has 2 aromatic rings. The van der Waals surface area contributed by atoms with Crippen molar-refractivity contribution >= 4 is 5.78 Å². The molecule has 0 saturated heterocycles. The SMILES string of the molecule is Cc1c(C(=O)c2ccc(OC(C)C)cc2)c(O)n(C2CCCC2)c(=O)c1C#N. The summed E-state index contributed by atoms with van der Waals surface area (Å²) in [4.78, 5) is 25.9. The number of carbonyl (C=O) groups is 1. The minimum atomic E-state index is -0.526. The molecule has 0 radical (unpaired) electrons. The molecule has 28 heavy (non-hydrogen) atoms. The number of ether oxygens (including phenoxy) is 1. The van der Waals surface area contributed by atoms with E-state index in [0.29, 0.717) is 11.3 Å². The summed E-state index contributed by atoms with van der Waals surface area (Å²) in [6.45, 7) is 5.36. The number of nitriles is 1. The highest BCUT2D eigenvalue weighted by Gasteiger charge is 2.29. The molecule has 3 rings (SSSR count). The van der Waals surface area contributed by atoms with E-state index in [-0.39, 0.29) is 34.7 Å². The molecule has 1 saturated carbocycles. The highest BCUT2D eigenvalue weighted by atomic mass is 16.5. The Bertz CT molecular complexity index is 991. The first-order valence-electron chi connectivity index (χ1n) is 9.54. The molecule has 1 aliphatic rings. The maximum Gasteiger partial charge on any atom is 0.271 e. The standard InChI is InChI=1S/C22H24N2O4/c1-13(2)28-17-10-8-15(9-11-17)20(25)19-14(3)18(12-23)21(26)24(22(19)27)16-6-4-5-7-16/h8-11,13,16,27H,4-7H2,1-3H3. The van der Waals surface area contributed by atoms with Gasteiger partial charge in [0.05, 0.1) is 11.7 Å². The highest BCUT2D eigenvalue weighted by Crippen LogP contribution is 2.34. The van der Waals surface area contributed by atoms with Crippen LogP contribution in [0.2, 0.25) is 0 Å². The molecule has 0 spiro atoms. The lowest BCUT2D eigenvalue weighted by Gasteiger charge is -2.20. The number of aromatic hydroxyl groups is 1. The first kappa shape index (κ1) is 19.7. The molecule has 6 nitrogen and oxygen atoms in total. The summed E-state index contributed by atoms with van der Waals surface area (Å²) < 4.78 is 6.83. The third-order valence-corrected chi connectivity index (χ3v) is 5.15. The molecule has 146 valence electrons. The van der Waals surface area contributed by atoms with Crippen molar-refractivity contribution in [3.8, 4) is 17.7 Å². The molecule has 1 aromatic heterocycles. The lowest BCUT2D eigenvalue weighted by molar-refractivity contribution is 0.103. The topological polar surface area (TPSA) is 92.3 Å². The second kappa shape index (κ2) is 7.89. The molecule has 0 amide bonds. The van der Waals surface area contributed by atoms with Crippen LogP contribution in [-0.4, -0.2) is 21.6 Å². The number of aromatic nitrogens is 1. The Labute approximate surface area is 164 Å². The molecule has 0 unspecified atom stereocenters. The van der Waals surface area contributed by atoms with Crippen LogP contribution in [0, 0.1) is 18.3 Å². The van der Waals surface area contributed by atoms with E-state index in [4.69, 9.17) is 4.74 Å². The van der Waals surface area contributed by atoms with Gasteiger partial charge in [-0.2, -0.15) is 5.26 Å². The maximum atomic E-state index is 13.1. The normalized spacial score (nSPS) is 14.2. The average molecular weight is 380 g/mol. The number of carbonyl (C=O) groups excluding carboxylic acids is 1. The third kappa shape index (κ3) is 3.53. The maximum absolute atomic E-state index is 13.1. The van der Waals surface area contributed by atoms with E-state index in [1.807, 2.05) is 19.9 Å². The molecule has 1 aliphatic carbocycles. The number of hydrogen-bond donors (Lipinski definition) is 1. The van der Waals surface area contributed by atoms with E-state index in [0.717, 1.165) is 25.7 Å². The predicted octanol–water partition coefficient (Wildman–Crippen LogP) is 3.87. The van der Waals surface area contributed by atoms with Gasteiger partial charge in [-0.05, 0) is 63.4 Å². The number of hydrogen-bond acceptors (Lipinski definition) is 5. The Morgan fingerprint density at radius 2 is 1.86 bits per heavy atom. The Morgan fingerprint density at radius 1 is 1.25 bits per heavy atom. The van der Waals surface area contributed by atoms with Crippen LogP contribution in [0.25, 0.3) is 0 Å². The summed E-state index contributed by atoms with van der Waals surface area (Å²) in [7, 11) is 0. The van der Waals surface area contributed by atoms with Crippen molar-refractivity contribution in [3.05, 3.63) is 56.9 Å². The quantitative estimate of drug-likeness (QED) is 0.795. The van der Waals surface area contributed by atoms with E-state index >= 15 is 0 Å². The molecule has 1 heterocycles. The van der Waals surface area contributed by atoms with Gasteiger partial charge < -0.3 is 9.84 Å². The number of rotatable bonds is 5. The van der Waals surface area contributed by atoms with Crippen molar-refractivity contribution in [3.63, 3.8) is 0 Å². The Balaban J connectivity index is 2.10. The minimum Gasteiger partial charge on any atom is -0.494 e. The van der Waals surface area contributed by atoms with Crippen molar-refractivity contribution in [1.29, 1.82) is 5.26 Å². The van der Waals surface area contributed by atoms with E-state index in [9.17, 15) is 20.0 Å². The van der Waals surface area contributed by atoms with Crippen LogP contribution in [0.3, 0.4) is 0 Å². The second-order valence-electron chi connectivity index (χ2n) is 7.44. The van der Waals surface area contributed by atoms with Gasteiger partial charge in [-0.25, -0.2) is 0 Å². The molecule has 0 aliphatic heterocycles. The monoisotopic (exact) mass is 380 g/mol. The zero-order valence-electron chi connectivity index (χ0n) is 16.4. The van der Waals surface area contributed by atoms with Crippen molar-refractivity contribution in [2.45, 2.75) is 58.6 Å². The smallest absolute Gasteiger partial charge is 0.271 e. The van der Waals surface area contributed by atoms with E-state index in [1.165, 1.54) is 11.5 Å². The van der Waals surface area contributed by atoms with Crippen LogP contribution in [-0.2, 0) is 0 Å². The molecule has 1 N–H and O–H groups in total. The fraction of sp³-hybridized carbons (Fsp3) is 0.409. The molecule has 1 fully saturated rings. The van der Waals surface area contributed by atoms with Gasteiger partial charge >= 0.3 is 0 Å². The predicted molar refractivity (Wildman–Crippen MR) is 105 cm³/mol. The van der Waals surface area contributed by atoms with Gasteiger partial charge in [-0.1, -0.05) is 12.8 Å². The zero-order valence-corrected chi connectivity index (χ0v) is 16.4. The zero-order chi connectivity index (χ0) is 20.4. The van der Waals surface area contributed by atoms with E-state index in [1.54, 1.807) is 24.3 Å². The van der Waals surface area contributed by atoms with Gasteiger partial charge in [-0.15, -0.1) is 0 Å². The largest absolute Gasteiger partial charge is 0.494 e. The van der Waals surface area contributed by atoms with Crippen LogP contribution in [0.4, 0.5) is 0 Å². The minimum absolute atomic E-state index is 0.0144. The van der Waals surface area contributed by atoms with Crippen LogP contribution in [0.5, 0.6) is 11.6 Å². The molecular formula is C22H24N2O4. The number of benzene rings is 1. The van der Waals surface area contributed by atoms with Crippen LogP contribution >= 0.6 is 0 Å². The van der Waals surface area contributed by atoms with Crippen molar-refractivity contribution in [2.24, 2.45) is 0 Å². The van der Waals surface area contributed by atoms with Crippen molar-refractivity contribution < 1.29 is 14.6 Å². The van der Waals surface area contributed by atoms with E-state index < -0.39 is 11.3 Å². The van der Waals surface area contributed by atoms with Crippen molar-refractivity contribution in [2.75, 3.05) is 0 Å². The molecule has 1 aromatic carbocycles. The van der Waals surface area contributed by atoms with E-state index in [2.05, 4.69) is 0 Å². The number of pyridine rings is 1. The fourth-order valence-electron chi connectivity index (χ4n) is 3.80. The second-order valence-corrected chi connectivity index (χ2v) is 7.44. The molecular weight excluding hydrogens is 356 g/mol. The molecule has 6 heteroatoms. The lowest BCUT2D eigenvalue weighted by atomic mass is 9.96. The summed E-state index contributed by atoms with van der Waals surface area (Å²) in [6.07, 6.45) is 3.41. The van der Waals surface area contributed by atoms with Gasteiger partial charge in [0.2, 0.25) is 5.88 Å². The van der Waals surface area contributed by atoms with Gasteiger partial charge in [0.15, 0.2) is 5.78 Å². The fourth-order valence-corrected chi connectivity index (χ4v) is 3.80. The summed E-state index contributed by atoms with van der Waals surface area (Å²) in [5, 5.41) is 20.3. The summed E-state index contributed by atoms with van der Waals surface area (Å²) in [5.74, 6) is -0.128.